The molecule has 0 aromatic carbocycles. The Kier molecular flexibility index (Phi) is 2.17. The van der Waals surface area contributed by atoms with Gasteiger partial charge >= 0.3 is 0 Å². The maximum atomic E-state index is 5.64. The first-order valence-corrected chi connectivity index (χ1v) is 3.89. The maximum absolute atomic E-state index is 5.64. The molecule has 3 heteroatoms. The second-order valence-corrected chi connectivity index (χ2v) is 3.26. The zero-order valence-electron chi connectivity index (χ0n) is 7.33. The number of imidazole rings is 1. The summed E-state index contributed by atoms with van der Waals surface area (Å²) < 4.78 is 2.03. The van der Waals surface area contributed by atoms with Crippen LogP contribution < -0.4 is 5.73 Å². The van der Waals surface area contributed by atoms with Crippen molar-refractivity contribution in [2.24, 2.45) is 5.92 Å². The van der Waals surface area contributed by atoms with Crippen molar-refractivity contribution in [2.45, 2.75) is 27.3 Å². The van der Waals surface area contributed by atoms with Crippen molar-refractivity contribution in [3.63, 3.8) is 0 Å². The fourth-order valence-electron chi connectivity index (χ4n) is 1.08. The molecule has 0 fully saturated rings. The van der Waals surface area contributed by atoms with Gasteiger partial charge in [0.1, 0.15) is 0 Å². The van der Waals surface area contributed by atoms with E-state index in [0.29, 0.717) is 11.9 Å². The van der Waals surface area contributed by atoms with Gasteiger partial charge in [0.2, 0.25) is 0 Å². The molecule has 0 amide bonds. The first-order valence-electron chi connectivity index (χ1n) is 3.89. The lowest BCUT2D eigenvalue weighted by Gasteiger charge is -2.09. The molecule has 3 nitrogen and oxygen atoms in total. The number of aryl methyl sites for hydroxylation is 1. The van der Waals surface area contributed by atoms with Gasteiger partial charge in [-0.3, -0.25) is 0 Å². The normalized spacial score (nSPS) is 10.9. The predicted octanol–water partition coefficient (Wildman–Crippen LogP) is 1.43. The van der Waals surface area contributed by atoms with E-state index in [1.165, 1.54) is 0 Å². The van der Waals surface area contributed by atoms with E-state index in [4.69, 9.17) is 5.73 Å². The molecular weight excluding hydrogens is 138 g/mol. The van der Waals surface area contributed by atoms with E-state index in [1.807, 2.05) is 11.5 Å². The van der Waals surface area contributed by atoms with Crippen molar-refractivity contribution in [3.05, 3.63) is 11.9 Å². The monoisotopic (exact) mass is 153 g/mol. The molecule has 0 saturated heterocycles. The number of nitrogens with two attached hydrogens (primary N) is 1. The van der Waals surface area contributed by atoms with Gasteiger partial charge in [-0.1, -0.05) is 13.8 Å². The van der Waals surface area contributed by atoms with Crippen LogP contribution in [-0.4, -0.2) is 9.55 Å². The molecular formula is C8H15N3. The summed E-state index contributed by atoms with van der Waals surface area (Å²) in [5.41, 5.74) is 6.78. The summed E-state index contributed by atoms with van der Waals surface area (Å²) in [7, 11) is 0. The number of hydrogen-bond donors (Lipinski definition) is 1. The molecule has 62 valence electrons. The Balaban J connectivity index is 2.83. The van der Waals surface area contributed by atoms with Gasteiger partial charge in [-0.2, -0.15) is 0 Å². The van der Waals surface area contributed by atoms with E-state index in [0.717, 1.165) is 12.2 Å². The van der Waals surface area contributed by atoms with Crippen molar-refractivity contribution >= 4 is 5.95 Å². The Morgan fingerprint density at radius 2 is 2.27 bits per heavy atom. The van der Waals surface area contributed by atoms with Crippen LogP contribution in [-0.2, 0) is 6.54 Å². The van der Waals surface area contributed by atoms with Crippen molar-refractivity contribution in [3.8, 4) is 0 Å². The zero-order chi connectivity index (χ0) is 8.43. The molecule has 1 heterocycles. The minimum atomic E-state index is 0.616. The standard InChI is InChI=1S/C8H15N3/c1-6(2)5-11-7(3)4-10-8(11)9/h4,6H,5H2,1-3H3,(H2,9,10). The van der Waals surface area contributed by atoms with Gasteiger partial charge in [-0.25, -0.2) is 4.98 Å². The van der Waals surface area contributed by atoms with Crippen LogP contribution in [0.3, 0.4) is 0 Å². The minimum absolute atomic E-state index is 0.616. The van der Waals surface area contributed by atoms with Gasteiger partial charge in [0, 0.05) is 12.2 Å². The Morgan fingerprint density at radius 3 is 2.64 bits per heavy atom. The second-order valence-electron chi connectivity index (χ2n) is 3.26. The van der Waals surface area contributed by atoms with Crippen LogP contribution in [0.1, 0.15) is 19.5 Å². The highest BCUT2D eigenvalue weighted by molar-refractivity contribution is 5.21. The fraction of sp³-hybridized carbons (Fsp3) is 0.625. The molecule has 1 aromatic heterocycles. The second kappa shape index (κ2) is 2.95. The van der Waals surface area contributed by atoms with Crippen LogP contribution in [0, 0.1) is 12.8 Å². The average Bonchev–Trinajstić information content (AvgIpc) is 2.18. The van der Waals surface area contributed by atoms with E-state index >= 15 is 0 Å². The topological polar surface area (TPSA) is 43.8 Å². The summed E-state index contributed by atoms with van der Waals surface area (Å²) in [5.74, 6) is 1.24. The van der Waals surface area contributed by atoms with E-state index in [1.54, 1.807) is 6.20 Å². The van der Waals surface area contributed by atoms with Gasteiger partial charge in [-0.05, 0) is 12.8 Å². The van der Waals surface area contributed by atoms with Crippen LogP contribution in [0.4, 0.5) is 5.95 Å². The molecule has 11 heavy (non-hydrogen) atoms. The van der Waals surface area contributed by atoms with Gasteiger partial charge in [0.15, 0.2) is 5.95 Å². The quantitative estimate of drug-likeness (QED) is 0.698. The summed E-state index contributed by atoms with van der Waals surface area (Å²) in [5, 5.41) is 0. The third-order valence-corrected chi connectivity index (χ3v) is 1.63. The van der Waals surface area contributed by atoms with E-state index < -0.39 is 0 Å². The highest BCUT2D eigenvalue weighted by Gasteiger charge is 2.03. The molecule has 1 aromatic rings. The lowest BCUT2D eigenvalue weighted by Crippen LogP contribution is -2.09. The highest BCUT2D eigenvalue weighted by Crippen LogP contribution is 2.08. The summed E-state index contributed by atoms with van der Waals surface area (Å²) in [4.78, 5) is 4.01. The summed E-state index contributed by atoms with van der Waals surface area (Å²) in [6, 6.07) is 0. The number of rotatable bonds is 2. The van der Waals surface area contributed by atoms with Crippen LogP contribution in [0.2, 0.25) is 0 Å². The van der Waals surface area contributed by atoms with Crippen LogP contribution in [0.25, 0.3) is 0 Å². The molecule has 2 N–H and O–H groups in total. The molecule has 0 aliphatic carbocycles. The molecule has 0 bridgehead atoms. The molecule has 0 spiro atoms. The molecule has 0 unspecified atom stereocenters. The van der Waals surface area contributed by atoms with E-state index in [2.05, 4.69) is 18.8 Å². The Morgan fingerprint density at radius 1 is 1.64 bits per heavy atom. The smallest absolute Gasteiger partial charge is 0.200 e. The van der Waals surface area contributed by atoms with Crippen LogP contribution >= 0.6 is 0 Å². The number of aromatic nitrogens is 2. The summed E-state index contributed by atoms with van der Waals surface area (Å²) in [6.45, 7) is 7.31. The van der Waals surface area contributed by atoms with Gasteiger partial charge in [0.05, 0.1) is 6.20 Å². The Labute approximate surface area is 67.2 Å². The number of hydrogen-bond acceptors (Lipinski definition) is 2. The van der Waals surface area contributed by atoms with Crippen molar-refractivity contribution < 1.29 is 0 Å². The first kappa shape index (κ1) is 8.11. The maximum Gasteiger partial charge on any atom is 0.200 e. The number of nitrogen functional groups attached to an aromatic ring is 1. The molecule has 0 atom stereocenters. The van der Waals surface area contributed by atoms with E-state index in [-0.39, 0.29) is 0 Å². The molecule has 0 radical (unpaired) electrons. The van der Waals surface area contributed by atoms with E-state index in [9.17, 15) is 0 Å². The number of anilines is 1. The molecule has 0 aliphatic rings. The van der Waals surface area contributed by atoms with Gasteiger partial charge in [0.25, 0.3) is 0 Å². The molecule has 0 aliphatic heterocycles. The SMILES string of the molecule is Cc1cnc(N)n1CC(C)C. The highest BCUT2D eigenvalue weighted by atomic mass is 15.1. The lowest BCUT2D eigenvalue weighted by atomic mass is 10.2. The zero-order valence-corrected chi connectivity index (χ0v) is 7.33. The molecule has 1 rings (SSSR count). The summed E-state index contributed by atoms with van der Waals surface area (Å²) >= 11 is 0. The van der Waals surface area contributed by atoms with Crippen LogP contribution in [0.15, 0.2) is 6.20 Å². The Bertz CT molecular complexity index is 218. The van der Waals surface area contributed by atoms with Crippen LogP contribution in [0.5, 0.6) is 0 Å². The fourth-order valence-corrected chi connectivity index (χ4v) is 1.08. The van der Waals surface area contributed by atoms with Gasteiger partial charge in [-0.15, -0.1) is 0 Å². The summed E-state index contributed by atoms with van der Waals surface area (Å²) in [6.07, 6.45) is 1.80. The number of nitrogens with zero attached hydrogens (tertiary/aromatic N) is 2. The minimum Gasteiger partial charge on any atom is -0.369 e. The van der Waals surface area contributed by atoms with Crippen molar-refractivity contribution in [2.75, 3.05) is 5.73 Å². The van der Waals surface area contributed by atoms with Gasteiger partial charge < -0.3 is 10.3 Å². The van der Waals surface area contributed by atoms with Crippen molar-refractivity contribution in [1.82, 2.24) is 9.55 Å². The lowest BCUT2D eigenvalue weighted by molar-refractivity contribution is 0.520. The van der Waals surface area contributed by atoms with Crippen molar-refractivity contribution in [1.29, 1.82) is 0 Å². The first-order chi connectivity index (χ1) is 5.11. The average molecular weight is 153 g/mol. The third kappa shape index (κ3) is 1.73. The predicted molar refractivity (Wildman–Crippen MR) is 46.2 cm³/mol. The molecule has 0 saturated carbocycles. The largest absolute Gasteiger partial charge is 0.369 e. The third-order valence-electron chi connectivity index (χ3n) is 1.63. The Hall–Kier alpha value is -0.990.